The van der Waals surface area contributed by atoms with Crippen molar-refractivity contribution in [2.24, 2.45) is 0 Å². The van der Waals surface area contributed by atoms with Gasteiger partial charge in [-0.2, -0.15) is 0 Å². The van der Waals surface area contributed by atoms with E-state index in [0.717, 1.165) is 16.9 Å². The first-order chi connectivity index (χ1) is 16.5. The van der Waals surface area contributed by atoms with Crippen LogP contribution >= 0.6 is 11.6 Å². The van der Waals surface area contributed by atoms with Gasteiger partial charge in [0.15, 0.2) is 0 Å². The summed E-state index contributed by atoms with van der Waals surface area (Å²) >= 11 is 6.18. The third kappa shape index (κ3) is 4.94. The molecule has 8 heteroatoms. The first kappa shape index (κ1) is 23.1. The Hall–Kier alpha value is -4.10. The lowest BCUT2D eigenvalue weighted by Gasteiger charge is -2.15. The van der Waals surface area contributed by atoms with Crippen molar-refractivity contribution in [2.75, 3.05) is 23.9 Å². The van der Waals surface area contributed by atoms with Gasteiger partial charge in [0.1, 0.15) is 16.5 Å². The fourth-order valence-electron chi connectivity index (χ4n) is 3.49. The van der Waals surface area contributed by atoms with Gasteiger partial charge in [-0.15, -0.1) is 0 Å². The third-order valence-corrected chi connectivity index (χ3v) is 5.67. The summed E-state index contributed by atoms with van der Waals surface area (Å²) in [7, 11) is 1.53. The topological polar surface area (TPSA) is 87.7 Å². The SMILES string of the molecule is COc1ccc(N2C(=O)C(Cl)=C(Nc3ccc(C(=O)NCCc4ccccc4)cc3)C2=O)cc1. The first-order valence-corrected chi connectivity index (χ1v) is 11.0. The van der Waals surface area contributed by atoms with Gasteiger partial charge in [0, 0.05) is 17.8 Å². The molecule has 3 aromatic rings. The van der Waals surface area contributed by atoms with Crippen LogP contribution in [0.4, 0.5) is 11.4 Å². The fraction of sp³-hybridized carbons (Fsp3) is 0.115. The Morgan fingerprint density at radius 2 is 1.59 bits per heavy atom. The molecular formula is C26H22ClN3O4. The number of anilines is 2. The summed E-state index contributed by atoms with van der Waals surface area (Å²) in [6, 6.07) is 23.0. The summed E-state index contributed by atoms with van der Waals surface area (Å²) in [6.45, 7) is 0.517. The average Bonchev–Trinajstić information content (AvgIpc) is 3.08. The van der Waals surface area contributed by atoms with Gasteiger partial charge in [-0.25, -0.2) is 4.90 Å². The molecule has 0 fully saturated rings. The summed E-state index contributed by atoms with van der Waals surface area (Å²) in [5.41, 5.74) is 2.50. The summed E-state index contributed by atoms with van der Waals surface area (Å²) in [4.78, 5) is 38.9. The van der Waals surface area contributed by atoms with Gasteiger partial charge in [-0.3, -0.25) is 14.4 Å². The monoisotopic (exact) mass is 475 g/mol. The Kier molecular flexibility index (Phi) is 6.94. The Bertz CT molecular complexity index is 1240. The van der Waals surface area contributed by atoms with Gasteiger partial charge in [0.25, 0.3) is 17.7 Å². The van der Waals surface area contributed by atoms with E-state index in [1.165, 1.54) is 7.11 Å². The van der Waals surface area contributed by atoms with Crippen LogP contribution in [0.3, 0.4) is 0 Å². The number of nitrogens with zero attached hydrogens (tertiary/aromatic N) is 1. The maximum atomic E-state index is 12.9. The van der Waals surface area contributed by atoms with Crippen LogP contribution < -0.4 is 20.3 Å². The molecule has 34 heavy (non-hydrogen) atoms. The zero-order valence-corrected chi connectivity index (χ0v) is 19.1. The maximum absolute atomic E-state index is 12.9. The molecule has 1 aliphatic rings. The minimum Gasteiger partial charge on any atom is -0.497 e. The van der Waals surface area contributed by atoms with Crippen LogP contribution in [0.5, 0.6) is 5.75 Å². The van der Waals surface area contributed by atoms with Crippen LogP contribution in [-0.2, 0) is 16.0 Å². The number of carbonyl (C=O) groups is 3. The Morgan fingerprint density at radius 1 is 0.912 bits per heavy atom. The van der Waals surface area contributed by atoms with Gasteiger partial charge >= 0.3 is 0 Å². The molecular weight excluding hydrogens is 454 g/mol. The molecule has 0 spiro atoms. The highest BCUT2D eigenvalue weighted by atomic mass is 35.5. The van der Waals surface area contributed by atoms with Crippen molar-refractivity contribution in [1.29, 1.82) is 0 Å². The van der Waals surface area contributed by atoms with E-state index in [1.54, 1.807) is 48.5 Å². The number of ether oxygens (including phenoxy) is 1. The number of amides is 3. The second-order valence-corrected chi connectivity index (χ2v) is 7.90. The van der Waals surface area contributed by atoms with Crippen LogP contribution in [-0.4, -0.2) is 31.4 Å². The zero-order chi connectivity index (χ0) is 24.1. The van der Waals surface area contributed by atoms with E-state index in [4.69, 9.17) is 16.3 Å². The molecule has 172 valence electrons. The van der Waals surface area contributed by atoms with E-state index in [9.17, 15) is 14.4 Å². The summed E-state index contributed by atoms with van der Waals surface area (Å²) in [6.07, 6.45) is 0.736. The van der Waals surface area contributed by atoms with Crippen LogP contribution in [0.15, 0.2) is 89.6 Å². The number of hydrogen-bond donors (Lipinski definition) is 2. The molecule has 2 N–H and O–H groups in total. The predicted molar refractivity (Wildman–Crippen MR) is 131 cm³/mol. The van der Waals surface area contributed by atoms with Crippen LogP contribution in [0, 0.1) is 0 Å². The standard InChI is InChI=1S/C26H22ClN3O4/c1-34-21-13-11-20(12-14-21)30-25(32)22(27)23(26(30)33)29-19-9-7-18(8-10-19)24(31)28-16-15-17-5-3-2-4-6-17/h2-14,29H,15-16H2,1H3,(H,28,31). The van der Waals surface area contributed by atoms with Crippen LogP contribution in [0.2, 0.25) is 0 Å². The van der Waals surface area contributed by atoms with Gasteiger partial charge in [0.05, 0.1) is 12.8 Å². The number of rotatable bonds is 8. The predicted octanol–water partition coefficient (Wildman–Crippen LogP) is 4.10. The Labute approximate surface area is 202 Å². The molecule has 0 radical (unpaired) electrons. The largest absolute Gasteiger partial charge is 0.497 e. The molecule has 3 amide bonds. The van der Waals surface area contributed by atoms with Crippen molar-refractivity contribution in [3.63, 3.8) is 0 Å². The number of carbonyl (C=O) groups excluding carboxylic acids is 3. The minimum absolute atomic E-state index is 0.0254. The molecule has 7 nitrogen and oxygen atoms in total. The molecule has 0 saturated heterocycles. The smallest absolute Gasteiger partial charge is 0.283 e. The van der Waals surface area contributed by atoms with E-state index < -0.39 is 11.8 Å². The molecule has 4 rings (SSSR count). The van der Waals surface area contributed by atoms with Crippen molar-refractivity contribution in [3.8, 4) is 5.75 Å². The number of hydrogen-bond acceptors (Lipinski definition) is 5. The van der Waals surface area contributed by atoms with E-state index in [1.807, 2.05) is 30.3 Å². The molecule has 0 unspecified atom stereocenters. The van der Waals surface area contributed by atoms with Gasteiger partial charge in [-0.05, 0) is 60.5 Å². The van der Waals surface area contributed by atoms with Crippen molar-refractivity contribution >= 4 is 40.7 Å². The molecule has 0 bridgehead atoms. The maximum Gasteiger partial charge on any atom is 0.283 e. The minimum atomic E-state index is -0.617. The normalized spacial score (nSPS) is 13.3. The number of benzene rings is 3. The van der Waals surface area contributed by atoms with E-state index in [0.29, 0.717) is 29.2 Å². The van der Waals surface area contributed by atoms with E-state index in [2.05, 4.69) is 10.6 Å². The Morgan fingerprint density at radius 3 is 2.24 bits per heavy atom. The average molecular weight is 476 g/mol. The van der Waals surface area contributed by atoms with E-state index >= 15 is 0 Å². The van der Waals surface area contributed by atoms with Gasteiger partial charge in [-0.1, -0.05) is 41.9 Å². The second-order valence-electron chi connectivity index (χ2n) is 7.53. The number of methoxy groups -OCH3 is 1. The molecule has 0 saturated carbocycles. The summed E-state index contributed by atoms with van der Waals surface area (Å²) < 4.78 is 5.11. The second kappa shape index (κ2) is 10.2. The zero-order valence-electron chi connectivity index (χ0n) is 18.4. The van der Waals surface area contributed by atoms with Gasteiger partial charge in [0.2, 0.25) is 0 Å². The number of halogens is 1. The van der Waals surface area contributed by atoms with Crippen molar-refractivity contribution in [3.05, 3.63) is 101 Å². The van der Waals surface area contributed by atoms with Crippen molar-refractivity contribution < 1.29 is 19.1 Å². The molecule has 0 atom stereocenters. The quantitative estimate of drug-likeness (QED) is 0.479. The van der Waals surface area contributed by atoms with Crippen LogP contribution in [0.25, 0.3) is 0 Å². The fourth-order valence-corrected chi connectivity index (χ4v) is 3.71. The Balaban J connectivity index is 1.38. The lowest BCUT2D eigenvalue weighted by atomic mass is 10.1. The highest BCUT2D eigenvalue weighted by Gasteiger charge is 2.38. The summed E-state index contributed by atoms with van der Waals surface area (Å²) in [5.74, 6) is -0.779. The molecule has 0 aromatic heterocycles. The van der Waals surface area contributed by atoms with Crippen molar-refractivity contribution in [2.45, 2.75) is 6.42 Å². The highest BCUT2D eigenvalue weighted by Crippen LogP contribution is 2.31. The van der Waals surface area contributed by atoms with E-state index in [-0.39, 0.29) is 16.6 Å². The van der Waals surface area contributed by atoms with Crippen molar-refractivity contribution in [1.82, 2.24) is 5.32 Å². The first-order valence-electron chi connectivity index (χ1n) is 10.6. The number of imide groups is 1. The molecule has 1 heterocycles. The number of nitrogens with one attached hydrogen (secondary N) is 2. The molecule has 3 aromatic carbocycles. The molecule has 0 aliphatic carbocycles. The third-order valence-electron chi connectivity index (χ3n) is 5.32. The highest BCUT2D eigenvalue weighted by molar-refractivity contribution is 6.53. The molecule has 1 aliphatic heterocycles. The summed E-state index contributed by atoms with van der Waals surface area (Å²) in [5, 5.41) is 5.59. The lowest BCUT2D eigenvalue weighted by Crippen LogP contribution is -2.32. The lowest BCUT2D eigenvalue weighted by molar-refractivity contribution is -0.120. The van der Waals surface area contributed by atoms with Crippen LogP contribution in [0.1, 0.15) is 15.9 Å². The van der Waals surface area contributed by atoms with Gasteiger partial charge < -0.3 is 15.4 Å².